The highest BCUT2D eigenvalue weighted by molar-refractivity contribution is 5.45. The van der Waals surface area contributed by atoms with E-state index in [0.717, 1.165) is 18.2 Å². The topological polar surface area (TPSA) is 29.9 Å². The van der Waals surface area contributed by atoms with Crippen molar-refractivity contribution in [1.82, 2.24) is 9.55 Å². The predicted molar refractivity (Wildman–Crippen MR) is 76.4 cm³/mol. The predicted octanol–water partition coefficient (Wildman–Crippen LogP) is 3.56. The van der Waals surface area contributed by atoms with Gasteiger partial charge in [-0.15, -0.1) is 0 Å². The van der Waals surface area contributed by atoms with E-state index in [1.165, 1.54) is 11.1 Å². The third-order valence-electron chi connectivity index (χ3n) is 3.08. The molecule has 2 rings (SSSR count). The molecule has 0 fully saturated rings. The molecule has 0 aliphatic carbocycles. The van der Waals surface area contributed by atoms with Gasteiger partial charge in [0.2, 0.25) is 5.95 Å². The summed E-state index contributed by atoms with van der Waals surface area (Å²) in [6.45, 7) is 9.58. The third kappa shape index (κ3) is 2.73. The highest BCUT2D eigenvalue weighted by atomic mass is 15.2. The zero-order chi connectivity index (χ0) is 13.1. The van der Waals surface area contributed by atoms with Crippen molar-refractivity contribution in [3.05, 3.63) is 41.7 Å². The minimum absolute atomic E-state index is 0.606. The van der Waals surface area contributed by atoms with Crippen LogP contribution in [0.25, 0.3) is 5.69 Å². The van der Waals surface area contributed by atoms with E-state index in [-0.39, 0.29) is 0 Å². The molecule has 1 aromatic heterocycles. The number of imidazole rings is 1. The molecule has 0 bridgehead atoms. The number of aryl methyl sites for hydroxylation is 2. The molecule has 2 aromatic rings. The summed E-state index contributed by atoms with van der Waals surface area (Å²) in [5, 5.41) is 3.38. The molecule has 3 heteroatoms. The van der Waals surface area contributed by atoms with Crippen LogP contribution in [0.2, 0.25) is 0 Å². The van der Waals surface area contributed by atoms with E-state index in [0.29, 0.717) is 5.92 Å². The Balaban J connectivity index is 2.27. The summed E-state index contributed by atoms with van der Waals surface area (Å²) in [6.07, 6.45) is 3.82. The van der Waals surface area contributed by atoms with Crippen molar-refractivity contribution in [2.24, 2.45) is 5.92 Å². The van der Waals surface area contributed by atoms with Gasteiger partial charge < -0.3 is 5.32 Å². The fraction of sp³-hybridized carbons (Fsp3) is 0.400. The van der Waals surface area contributed by atoms with Crippen LogP contribution < -0.4 is 5.32 Å². The van der Waals surface area contributed by atoms with Crippen LogP contribution >= 0.6 is 0 Å². The standard InChI is InChI=1S/C15H21N3/c1-11(2)10-17-15-16-7-8-18(15)14-6-5-12(3)13(4)9-14/h5-9,11H,10H2,1-4H3,(H,16,17). The quantitative estimate of drug-likeness (QED) is 0.890. The first kappa shape index (κ1) is 12.7. The SMILES string of the molecule is Cc1ccc(-n2ccnc2NCC(C)C)cc1C. The fourth-order valence-electron chi connectivity index (χ4n) is 1.81. The highest BCUT2D eigenvalue weighted by Crippen LogP contribution is 2.18. The number of anilines is 1. The first-order valence-electron chi connectivity index (χ1n) is 6.43. The molecule has 1 N–H and O–H groups in total. The zero-order valence-corrected chi connectivity index (χ0v) is 11.6. The van der Waals surface area contributed by atoms with Crippen LogP contribution in [-0.2, 0) is 0 Å². The van der Waals surface area contributed by atoms with Crippen LogP contribution in [-0.4, -0.2) is 16.1 Å². The molecule has 96 valence electrons. The molecule has 0 amide bonds. The lowest BCUT2D eigenvalue weighted by molar-refractivity contribution is 0.683. The summed E-state index contributed by atoms with van der Waals surface area (Å²) in [5.74, 6) is 1.52. The van der Waals surface area contributed by atoms with E-state index in [9.17, 15) is 0 Å². The maximum atomic E-state index is 4.37. The lowest BCUT2D eigenvalue weighted by atomic mass is 10.1. The largest absolute Gasteiger partial charge is 0.355 e. The van der Waals surface area contributed by atoms with Gasteiger partial charge in [-0.3, -0.25) is 4.57 Å². The zero-order valence-electron chi connectivity index (χ0n) is 11.6. The molecular weight excluding hydrogens is 222 g/mol. The summed E-state index contributed by atoms with van der Waals surface area (Å²) in [4.78, 5) is 4.37. The minimum atomic E-state index is 0.606. The van der Waals surface area contributed by atoms with Crippen LogP contribution in [0.5, 0.6) is 0 Å². The van der Waals surface area contributed by atoms with E-state index in [2.05, 4.69) is 60.8 Å². The summed E-state index contributed by atoms with van der Waals surface area (Å²) < 4.78 is 2.09. The lowest BCUT2D eigenvalue weighted by Gasteiger charge is -2.12. The van der Waals surface area contributed by atoms with Crippen molar-refractivity contribution >= 4 is 5.95 Å². The Kier molecular flexibility index (Phi) is 3.70. The van der Waals surface area contributed by atoms with Gasteiger partial charge >= 0.3 is 0 Å². The first-order chi connectivity index (χ1) is 8.58. The van der Waals surface area contributed by atoms with E-state index in [1.54, 1.807) is 0 Å². The van der Waals surface area contributed by atoms with E-state index in [4.69, 9.17) is 0 Å². The van der Waals surface area contributed by atoms with Gasteiger partial charge in [0.1, 0.15) is 0 Å². The van der Waals surface area contributed by atoms with Gasteiger partial charge in [-0.2, -0.15) is 0 Å². The average molecular weight is 243 g/mol. The number of nitrogens with zero attached hydrogens (tertiary/aromatic N) is 2. The fourth-order valence-corrected chi connectivity index (χ4v) is 1.81. The molecule has 1 aromatic carbocycles. The Morgan fingerprint density at radius 3 is 2.67 bits per heavy atom. The second kappa shape index (κ2) is 5.25. The molecule has 0 radical (unpaired) electrons. The Labute approximate surface area is 109 Å². The van der Waals surface area contributed by atoms with Gasteiger partial charge in [0.05, 0.1) is 0 Å². The van der Waals surface area contributed by atoms with E-state index >= 15 is 0 Å². The number of nitrogens with one attached hydrogen (secondary N) is 1. The number of aromatic nitrogens is 2. The summed E-state index contributed by atoms with van der Waals surface area (Å²) in [6, 6.07) is 6.47. The van der Waals surface area contributed by atoms with Gasteiger partial charge in [0, 0.05) is 24.6 Å². The van der Waals surface area contributed by atoms with E-state index in [1.807, 2.05) is 12.4 Å². The van der Waals surface area contributed by atoms with Crippen LogP contribution in [0.3, 0.4) is 0 Å². The van der Waals surface area contributed by atoms with Gasteiger partial charge in [0.15, 0.2) is 0 Å². The molecule has 0 saturated carbocycles. The molecule has 0 saturated heterocycles. The van der Waals surface area contributed by atoms with Crippen molar-refractivity contribution in [3.8, 4) is 5.69 Å². The summed E-state index contributed by atoms with van der Waals surface area (Å²) >= 11 is 0. The smallest absolute Gasteiger partial charge is 0.207 e. The Bertz CT molecular complexity index is 526. The second-order valence-electron chi connectivity index (χ2n) is 5.16. The summed E-state index contributed by atoms with van der Waals surface area (Å²) in [5.41, 5.74) is 3.77. The van der Waals surface area contributed by atoms with Crippen LogP contribution in [0.1, 0.15) is 25.0 Å². The molecule has 0 spiro atoms. The van der Waals surface area contributed by atoms with Crippen molar-refractivity contribution < 1.29 is 0 Å². The molecule has 0 aliphatic rings. The Morgan fingerprint density at radius 2 is 2.00 bits per heavy atom. The summed E-state index contributed by atoms with van der Waals surface area (Å²) in [7, 11) is 0. The maximum Gasteiger partial charge on any atom is 0.207 e. The minimum Gasteiger partial charge on any atom is -0.355 e. The van der Waals surface area contributed by atoms with Gasteiger partial charge in [-0.05, 0) is 43.0 Å². The molecular formula is C15H21N3. The first-order valence-corrected chi connectivity index (χ1v) is 6.43. The van der Waals surface area contributed by atoms with Gasteiger partial charge in [0.25, 0.3) is 0 Å². The Morgan fingerprint density at radius 1 is 1.22 bits per heavy atom. The number of rotatable bonds is 4. The molecule has 0 atom stereocenters. The van der Waals surface area contributed by atoms with Gasteiger partial charge in [-0.1, -0.05) is 19.9 Å². The molecule has 0 unspecified atom stereocenters. The number of hydrogen-bond donors (Lipinski definition) is 1. The number of hydrogen-bond acceptors (Lipinski definition) is 2. The third-order valence-corrected chi connectivity index (χ3v) is 3.08. The van der Waals surface area contributed by atoms with Crippen LogP contribution in [0.15, 0.2) is 30.6 Å². The maximum absolute atomic E-state index is 4.37. The van der Waals surface area contributed by atoms with Crippen LogP contribution in [0.4, 0.5) is 5.95 Å². The second-order valence-corrected chi connectivity index (χ2v) is 5.16. The number of benzene rings is 1. The molecule has 0 aliphatic heterocycles. The molecule has 18 heavy (non-hydrogen) atoms. The monoisotopic (exact) mass is 243 g/mol. The van der Waals surface area contributed by atoms with Crippen molar-refractivity contribution in [2.75, 3.05) is 11.9 Å². The van der Waals surface area contributed by atoms with Crippen molar-refractivity contribution in [1.29, 1.82) is 0 Å². The van der Waals surface area contributed by atoms with Crippen LogP contribution in [0, 0.1) is 19.8 Å². The highest BCUT2D eigenvalue weighted by Gasteiger charge is 2.06. The van der Waals surface area contributed by atoms with E-state index < -0.39 is 0 Å². The van der Waals surface area contributed by atoms with Crippen molar-refractivity contribution in [2.45, 2.75) is 27.7 Å². The van der Waals surface area contributed by atoms with Gasteiger partial charge in [-0.25, -0.2) is 4.98 Å². The van der Waals surface area contributed by atoms with Crippen molar-refractivity contribution in [3.63, 3.8) is 0 Å². The normalized spacial score (nSPS) is 10.9. The molecule has 1 heterocycles. The molecule has 3 nitrogen and oxygen atoms in total. The average Bonchev–Trinajstić information content (AvgIpc) is 2.78. The Hall–Kier alpha value is -1.77. The lowest BCUT2D eigenvalue weighted by Crippen LogP contribution is -2.12.